The zero-order chi connectivity index (χ0) is 12.5. The summed E-state index contributed by atoms with van der Waals surface area (Å²) in [6.45, 7) is 2.28. The van der Waals surface area contributed by atoms with E-state index >= 15 is 0 Å². The highest BCUT2D eigenvalue weighted by Gasteiger charge is 2.02. The molecule has 1 rings (SSSR count). The van der Waals surface area contributed by atoms with Gasteiger partial charge in [0, 0.05) is 27.3 Å². The van der Waals surface area contributed by atoms with Crippen LogP contribution in [0.1, 0.15) is 11.1 Å². The first kappa shape index (κ1) is 14.1. The molecule has 0 aliphatic carbocycles. The molecule has 1 aromatic rings. The van der Waals surface area contributed by atoms with Crippen LogP contribution in [0.3, 0.4) is 0 Å². The number of hydrogen-bond acceptors (Lipinski definition) is 4. The molecule has 0 saturated carbocycles. The maximum absolute atomic E-state index is 9.44. The van der Waals surface area contributed by atoms with Gasteiger partial charge < -0.3 is 19.9 Å². The van der Waals surface area contributed by atoms with Crippen LogP contribution in [0, 0.1) is 0 Å². The SMILES string of the molecule is COCc1ccc(CNCC(O)COC)cc1. The number of rotatable bonds is 8. The van der Waals surface area contributed by atoms with Crippen LogP contribution in [0.2, 0.25) is 0 Å². The van der Waals surface area contributed by atoms with Gasteiger partial charge >= 0.3 is 0 Å². The number of methoxy groups -OCH3 is 2. The number of ether oxygens (including phenoxy) is 2. The van der Waals surface area contributed by atoms with Crippen LogP contribution in [-0.4, -0.2) is 38.6 Å². The van der Waals surface area contributed by atoms with E-state index in [0.29, 0.717) is 19.8 Å². The predicted molar refractivity (Wildman–Crippen MR) is 66.7 cm³/mol. The van der Waals surface area contributed by atoms with E-state index in [1.807, 2.05) is 12.1 Å². The van der Waals surface area contributed by atoms with Crippen LogP contribution in [0.15, 0.2) is 24.3 Å². The van der Waals surface area contributed by atoms with E-state index < -0.39 is 6.10 Å². The second kappa shape index (κ2) is 8.20. The molecule has 0 amide bonds. The standard InChI is InChI=1S/C13H21NO3/c1-16-9-12-5-3-11(4-6-12)7-14-8-13(15)10-17-2/h3-6,13-15H,7-10H2,1-2H3. The minimum Gasteiger partial charge on any atom is -0.389 e. The summed E-state index contributed by atoms with van der Waals surface area (Å²) in [7, 11) is 3.27. The molecule has 0 bridgehead atoms. The van der Waals surface area contributed by atoms with Crippen molar-refractivity contribution >= 4 is 0 Å². The zero-order valence-corrected chi connectivity index (χ0v) is 10.5. The molecule has 1 atom stereocenters. The van der Waals surface area contributed by atoms with Gasteiger partial charge in [0.15, 0.2) is 0 Å². The molecule has 0 spiro atoms. The summed E-state index contributed by atoms with van der Waals surface area (Å²) in [6, 6.07) is 8.21. The Morgan fingerprint density at radius 2 is 1.76 bits per heavy atom. The van der Waals surface area contributed by atoms with Crippen molar-refractivity contribution in [1.29, 1.82) is 0 Å². The quantitative estimate of drug-likeness (QED) is 0.708. The second-order valence-electron chi connectivity index (χ2n) is 3.99. The Kier molecular flexibility index (Phi) is 6.81. The molecule has 1 unspecified atom stereocenters. The summed E-state index contributed by atoms with van der Waals surface area (Å²) in [5, 5.41) is 12.6. The third-order valence-corrected chi connectivity index (χ3v) is 2.40. The molecule has 17 heavy (non-hydrogen) atoms. The van der Waals surface area contributed by atoms with Crippen LogP contribution in [0.4, 0.5) is 0 Å². The zero-order valence-electron chi connectivity index (χ0n) is 10.5. The van der Waals surface area contributed by atoms with Gasteiger partial charge in [-0.05, 0) is 11.1 Å². The van der Waals surface area contributed by atoms with E-state index in [9.17, 15) is 5.11 Å². The van der Waals surface area contributed by atoms with Gasteiger partial charge in [-0.15, -0.1) is 0 Å². The minimum absolute atomic E-state index is 0.361. The summed E-state index contributed by atoms with van der Waals surface area (Å²) in [6.07, 6.45) is -0.451. The number of benzene rings is 1. The smallest absolute Gasteiger partial charge is 0.0897 e. The van der Waals surface area contributed by atoms with Crippen molar-refractivity contribution in [2.75, 3.05) is 27.4 Å². The molecule has 0 radical (unpaired) electrons. The molecular weight excluding hydrogens is 218 g/mol. The molecule has 0 aliphatic rings. The molecule has 0 fully saturated rings. The number of aliphatic hydroxyl groups is 1. The molecule has 0 heterocycles. The van der Waals surface area contributed by atoms with Crippen LogP contribution < -0.4 is 5.32 Å². The average Bonchev–Trinajstić information content (AvgIpc) is 2.32. The summed E-state index contributed by atoms with van der Waals surface area (Å²) in [5.74, 6) is 0. The van der Waals surface area contributed by atoms with Gasteiger partial charge in [-0.3, -0.25) is 0 Å². The Morgan fingerprint density at radius 1 is 1.12 bits per heavy atom. The Morgan fingerprint density at radius 3 is 2.35 bits per heavy atom. The maximum Gasteiger partial charge on any atom is 0.0897 e. The van der Waals surface area contributed by atoms with Gasteiger partial charge in [-0.2, -0.15) is 0 Å². The summed E-state index contributed by atoms with van der Waals surface area (Å²) < 4.78 is 9.89. The fourth-order valence-corrected chi connectivity index (χ4v) is 1.55. The van der Waals surface area contributed by atoms with Crippen molar-refractivity contribution in [2.45, 2.75) is 19.3 Å². The minimum atomic E-state index is -0.451. The molecule has 0 aromatic heterocycles. The van der Waals surface area contributed by atoms with E-state index in [-0.39, 0.29) is 0 Å². The van der Waals surface area contributed by atoms with Gasteiger partial charge in [0.1, 0.15) is 0 Å². The average molecular weight is 239 g/mol. The number of hydrogen-bond donors (Lipinski definition) is 2. The summed E-state index contributed by atoms with van der Waals surface area (Å²) >= 11 is 0. The molecule has 0 saturated heterocycles. The lowest BCUT2D eigenvalue weighted by molar-refractivity contribution is 0.0644. The van der Waals surface area contributed by atoms with Gasteiger partial charge in [0.25, 0.3) is 0 Å². The fourth-order valence-electron chi connectivity index (χ4n) is 1.55. The third-order valence-electron chi connectivity index (χ3n) is 2.40. The van der Waals surface area contributed by atoms with E-state index in [1.165, 1.54) is 5.56 Å². The molecule has 4 heteroatoms. The molecule has 2 N–H and O–H groups in total. The van der Waals surface area contributed by atoms with Gasteiger partial charge in [0.05, 0.1) is 19.3 Å². The predicted octanol–water partition coefficient (Wildman–Crippen LogP) is 0.930. The maximum atomic E-state index is 9.44. The normalized spacial score (nSPS) is 12.6. The Labute approximate surface area is 103 Å². The van der Waals surface area contributed by atoms with Crippen molar-refractivity contribution in [1.82, 2.24) is 5.32 Å². The van der Waals surface area contributed by atoms with Crippen molar-refractivity contribution in [3.63, 3.8) is 0 Å². The fraction of sp³-hybridized carbons (Fsp3) is 0.538. The summed E-state index contributed by atoms with van der Waals surface area (Å²) in [5.41, 5.74) is 2.35. The summed E-state index contributed by atoms with van der Waals surface area (Å²) in [4.78, 5) is 0. The van der Waals surface area contributed by atoms with E-state index in [2.05, 4.69) is 17.4 Å². The largest absolute Gasteiger partial charge is 0.389 e. The van der Waals surface area contributed by atoms with Gasteiger partial charge in [-0.25, -0.2) is 0 Å². The van der Waals surface area contributed by atoms with Crippen molar-refractivity contribution in [2.24, 2.45) is 0 Å². The molecule has 1 aromatic carbocycles. The molecule has 4 nitrogen and oxygen atoms in total. The molecular formula is C13H21NO3. The highest BCUT2D eigenvalue weighted by Crippen LogP contribution is 2.05. The van der Waals surface area contributed by atoms with Crippen LogP contribution in [-0.2, 0) is 22.6 Å². The highest BCUT2D eigenvalue weighted by atomic mass is 16.5. The Hall–Kier alpha value is -0.940. The van der Waals surface area contributed by atoms with Gasteiger partial charge in [0.2, 0.25) is 0 Å². The lowest BCUT2D eigenvalue weighted by Gasteiger charge is -2.10. The van der Waals surface area contributed by atoms with Crippen LogP contribution in [0.5, 0.6) is 0 Å². The van der Waals surface area contributed by atoms with E-state index in [1.54, 1.807) is 14.2 Å². The van der Waals surface area contributed by atoms with Gasteiger partial charge in [-0.1, -0.05) is 24.3 Å². The molecule has 96 valence electrons. The highest BCUT2D eigenvalue weighted by molar-refractivity contribution is 5.21. The molecule has 0 aliphatic heterocycles. The first-order valence-electron chi connectivity index (χ1n) is 5.70. The first-order valence-corrected chi connectivity index (χ1v) is 5.70. The Bertz CT molecular complexity index is 300. The Balaban J connectivity index is 2.27. The van der Waals surface area contributed by atoms with Crippen molar-refractivity contribution in [3.8, 4) is 0 Å². The lowest BCUT2D eigenvalue weighted by Crippen LogP contribution is -2.29. The van der Waals surface area contributed by atoms with Crippen molar-refractivity contribution < 1.29 is 14.6 Å². The van der Waals surface area contributed by atoms with Crippen LogP contribution in [0.25, 0.3) is 0 Å². The number of nitrogens with one attached hydrogen (secondary N) is 1. The first-order chi connectivity index (χ1) is 8.26. The van der Waals surface area contributed by atoms with E-state index in [4.69, 9.17) is 9.47 Å². The van der Waals surface area contributed by atoms with E-state index in [0.717, 1.165) is 12.1 Å². The lowest BCUT2D eigenvalue weighted by atomic mass is 10.1. The topological polar surface area (TPSA) is 50.7 Å². The van der Waals surface area contributed by atoms with Crippen LogP contribution >= 0.6 is 0 Å². The second-order valence-corrected chi connectivity index (χ2v) is 3.99. The third kappa shape index (κ3) is 5.79. The van der Waals surface area contributed by atoms with Crippen molar-refractivity contribution in [3.05, 3.63) is 35.4 Å². The number of aliphatic hydroxyl groups excluding tert-OH is 1. The monoisotopic (exact) mass is 239 g/mol.